The quantitative estimate of drug-likeness (QED) is 0.502. The lowest BCUT2D eigenvalue weighted by molar-refractivity contribution is -0.142. The van der Waals surface area contributed by atoms with E-state index >= 15 is 0 Å². The third-order valence-corrected chi connectivity index (χ3v) is 4.23. The van der Waals surface area contributed by atoms with Gasteiger partial charge in [0, 0.05) is 5.75 Å². The van der Waals surface area contributed by atoms with E-state index < -0.39 is 0 Å². The predicted molar refractivity (Wildman–Crippen MR) is 53.0 cm³/mol. The van der Waals surface area contributed by atoms with Crippen LogP contribution in [0.1, 0.15) is 6.92 Å². The van der Waals surface area contributed by atoms with E-state index in [4.69, 9.17) is 4.74 Å². The molecule has 0 N–H and O–H groups in total. The molecule has 0 aromatic rings. The fraction of sp³-hybridized carbons (Fsp3) is 0.857. The van der Waals surface area contributed by atoms with E-state index in [2.05, 4.69) is 0 Å². The fourth-order valence-electron chi connectivity index (χ4n) is 0.747. The van der Waals surface area contributed by atoms with Crippen LogP contribution in [0.4, 0.5) is 0 Å². The number of esters is 1. The predicted octanol–water partition coefficient (Wildman–Crippen LogP) is 1.59. The van der Waals surface area contributed by atoms with Crippen molar-refractivity contribution in [3.63, 3.8) is 0 Å². The molecule has 0 aliphatic carbocycles. The summed E-state index contributed by atoms with van der Waals surface area (Å²) in [6.45, 7) is 3.99. The van der Waals surface area contributed by atoms with Crippen molar-refractivity contribution in [3.8, 4) is 0 Å². The summed E-state index contributed by atoms with van der Waals surface area (Å²) in [4.78, 5) is 11.2. The first-order valence-corrected chi connectivity index (χ1v) is 6.26. The molecule has 0 saturated heterocycles. The topological polar surface area (TPSA) is 26.3 Å². The van der Waals surface area contributed by atoms with E-state index in [1.54, 1.807) is 11.8 Å². The molecule has 66 valence electrons. The molecule has 0 heterocycles. The minimum absolute atomic E-state index is 0.0901. The molecule has 0 aromatic heterocycles. The largest absolute Gasteiger partial charge is 0.468 e. The molecule has 2 unspecified atom stereocenters. The first-order valence-electron chi connectivity index (χ1n) is 3.37. The van der Waals surface area contributed by atoms with Gasteiger partial charge in [0.25, 0.3) is 0 Å². The van der Waals surface area contributed by atoms with Crippen molar-refractivity contribution in [2.24, 2.45) is 0 Å². The van der Waals surface area contributed by atoms with E-state index in [1.165, 1.54) is 7.11 Å². The van der Waals surface area contributed by atoms with Crippen molar-refractivity contribution in [1.82, 2.24) is 0 Å². The minimum Gasteiger partial charge on any atom is -0.468 e. The summed E-state index contributed by atoms with van der Waals surface area (Å²) in [5, 5.41) is -0.270. The number of ether oxygens (including phenoxy) is 1. The van der Waals surface area contributed by atoms with Crippen molar-refractivity contribution in [2.75, 3.05) is 25.8 Å². The Bertz CT molecular complexity index is 140. The molecule has 0 aliphatic heterocycles. The van der Waals surface area contributed by atoms with Crippen LogP contribution in [-0.4, -0.2) is 36.9 Å². The molecule has 0 bridgehead atoms. The van der Waals surface area contributed by atoms with Crippen LogP contribution in [0.5, 0.6) is 0 Å². The van der Waals surface area contributed by atoms with Crippen LogP contribution >= 0.6 is 20.3 Å². The highest BCUT2D eigenvalue weighted by Crippen LogP contribution is 2.32. The Kier molecular flexibility index (Phi) is 5.11. The zero-order valence-electron chi connectivity index (χ0n) is 7.43. The lowest BCUT2D eigenvalue weighted by Gasteiger charge is -2.23. The van der Waals surface area contributed by atoms with Crippen LogP contribution in [0, 0.1) is 0 Å². The van der Waals surface area contributed by atoms with E-state index in [9.17, 15) is 4.79 Å². The minimum atomic E-state index is -0.270. The summed E-state index contributed by atoms with van der Waals surface area (Å²) in [7, 11) is 2.05. The highest BCUT2D eigenvalue weighted by atomic mass is 32.2. The number of hydrogen-bond donors (Lipinski definition) is 0. The molecule has 0 saturated carbocycles. The maximum absolute atomic E-state index is 11.2. The SMILES string of the molecule is COC(=O)C(C)(CSC)PC. The standard InChI is InChI=1S/C7H15O2PS/c1-7(10-3,5-11-4)6(8)9-2/h10H,5H2,1-4H3. The molecule has 0 fully saturated rings. The fourth-order valence-corrected chi connectivity index (χ4v) is 2.76. The van der Waals surface area contributed by atoms with Gasteiger partial charge in [-0.05, 0) is 19.8 Å². The molecule has 0 aliphatic rings. The van der Waals surface area contributed by atoms with E-state index in [1.807, 2.05) is 19.8 Å². The van der Waals surface area contributed by atoms with Crippen LogP contribution in [-0.2, 0) is 9.53 Å². The number of thioether (sulfide) groups is 1. The summed E-state index contributed by atoms with van der Waals surface area (Å²) >= 11 is 1.68. The summed E-state index contributed by atoms with van der Waals surface area (Å²) < 4.78 is 4.71. The maximum Gasteiger partial charge on any atom is 0.316 e. The molecular weight excluding hydrogens is 179 g/mol. The van der Waals surface area contributed by atoms with E-state index in [0.29, 0.717) is 8.58 Å². The second-order valence-electron chi connectivity index (χ2n) is 2.51. The van der Waals surface area contributed by atoms with Crippen LogP contribution in [0.25, 0.3) is 0 Å². The number of hydrogen-bond acceptors (Lipinski definition) is 3. The van der Waals surface area contributed by atoms with Gasteiger partial charge in [-0.2, -0.15) is 11.8 Å². The van der Waals surface area contributed by atoms with Crippen molar-refractivity contribution >= 4 is 26.3 Å². The van der Waals surface area contributed by atoms with Gasteiger partial charge in [0.15, 0.2) is 0 Å². The second-order valence-corrected chi connectivity index (χ2v) is 4.98. The number of carbonyl (C=O) groups is 1. The van der Waals surface area contributed by atoms with Gasteiger partial charge in [0.1, 0.15) is 0 Å². The first kappa shape index (κ1) is 11.2. The van der Waals surface area contributed by atoms with Crippen molar-refractivity contribution in [2.45, 2.75) is 12.1 Å². The van der Waals surface area contributed by atoms with Gasteiger partial charge < -0.3 is 4.74 Å². The Labute approximate surface area is 74.2 Å². The highest BCUT2D eigenvalue weighted by Gasteiger charge is 2.31. The monoisotopic (exact) mass is 194 g/mol. The van der Waals surface area contributed by atoms with Crippen molar-refractivity contribution < 1.29 is 9.53 Å². The summed E-state index contributed by atoms with van der Waals surface area (Å²) in [5.41, 5.74) is 0. The number of rotatable bonds is 4. The van der Waals surface area contributed by atoms with Gasteiger partial charge in [0.2, 0.25) is 0 Å². The Morgan fingerprint density at radius 3 is 2.55 bits per heavy atom. The van der Waals surface area contributed by atoms with Gasteiger partial charge in [-0.25, -0.2) is 0 Å². The summed E-state index contributed by atoms with van der Waals surface area (Å²) in [6.07, 6.45) is 2.00. The molecule has 0 spiro atoms. The van der Waals surface area contributed by atoms with Crippen molar-refractivity contribution in [3.05, 3.63) is 0 Å². The number of carbonyl (C=O) groups excluding carboxylic acids is 1. The Morgan fingerprint density at radius 2 is 2.27 bits per heavy atom. The van der Waals surface area contributed by atoms with Crippen molar-refractivity contribution in [1.29, 1.82) is 0 Å². The average Bonchev–Trinajstić information content (AvgIpc) is 2.03. The molecule has 4 heteroatoms. The summed E-state index contributed by atoms with van der Waals surface area (Å²) in [6, 6.07) is 0. The second kappa shape index (κ2) is 5.00. The molecule has 2 nitrogen and oxygen atoms in total. The lowest BCUT2D eigenvalue weighted by atomic mass is 10.2. The van der Waals surface area contributed by atoms with Gasteiger partial charge >= 0.3 is 5.97 Å². The Morgan fingerprint density at radius 1 is 1.73 bits per heavy atom. The molecule has 0 radical (unpaired) electrons. The zero-order valence-corrected chi connectivity index (χ0v) is 9.25. The molecule has 0 aromatic carbocycles. The van der Waals surface area contributed by atoms with Gasteiger partial charge in [-0.15, -0.1) is 8.58 Å². The van der Waals surface area contributed by atoms with Crippen LogP contribution in [0.15, 0.2) is 0 Å². The van der Waals surface area contributed by atoms with E-state index in [-0.39, 0.29) is 11.1 Å². The Hall–Kier alpha value is 0.250. The van der Waals surface area contributed by atoms with E-state index in [0.717, 1.165) is 5.75 Å². The summed E-state index contributed by atoms with van der Waals surface area (Å²) in [5.74, 6) is 0.752. The normalized spacial score (nSPS) is 16.7. The third kappa shape index (κ3) is 3.00. The number of methoxy groups -OCH3 is 1. The first-order chi connectivity index (χ1) is 5.10. The van der Waals surface area contributed by atoms with Crippen LogP contribution in [0.3, 0.4) is 0 Å². The molecule has 11 heavy (non-hydrogen) atoms. The lowest BCUT2D eigenvalue weighted by Crippen LogP contribution is -2.34. The molecule has 0 rings (SSSR count). The Balaban J connectivity index is 4.19. The van der Waals surface area contributed by atoms with Crippen LogP contribution in [0.2, 0.25) is 0 Å². The van der Waals surface area contributed by atoms with Gasteiger partial charge in [0.05, 0.1) is 12.3 Å². The van der Waals surface area contributed by atoms with Crippen LogP contribution < -0.4 is 0 Å². The zero-order chi connectivity index (χ0) is 8.91. The smallest absolute Gasteiger partial charge is 0.316 e. The van der Waals surface area contributed by atoms with Gasteiger partial charge in [-0.3, -0.25) is 4.79 Å². The molecule has 2 atom stereocenters. The maximum atomic E-state index is 11.2. The molecular formula is C7H15O2PS. The highest BCUT2D eigenvalue weighted by molar-refractivity contribution is 7.98. The molecule has 0 amide bonds. The average molecular weight is 194 g/mol. The van der Waals surface area contributed by atoms with Gasteiger partial charge in [-0.1, -0.05) is 0 Å². The third-order valence-electron chi connectivity index (χ3n) is 1.62.